The van der Waals surface area contributed by atoms with E-state index in [1.807, 2.05) is 19.1 Å². The zero-order valence-corrected chi connectivity index (χ0v) is 13.8. The molecule has 2 N–H and O–H groups in total. The second-order valence-electron chi connectivity index (χ2n) is 4.14. The molecule has 0 amide bonds. The van der Waals surface area contributed by atoms with E-state index in [9.17, 15) is 8.42 Å². The van der Waals surface area contributed by atoms with Crippen molar-refractivity contribution >= 4 is 37.3 Å². The summed E-state index contributed by atoms with van der Waals surface area (Å²) in [6, 6.07) is 5.12. The van der Waals surface area contributed by atoms with Crippen LogP contribution < -0.4 is 4.72 Å². The molecule has 0 saturated carbocycles. The minimum Gasteiger partial charge on any atom is -0.391 e. The molecule has 0 unspecified atom stereocenters. The lowest BCUT2D eigenvalue weighted by Gasteiger charge is -2.06. The van der Waals surface area contributed by atoms with Gasteiger partial charge in [0.05, 0.1) is 10.4 Å². The van der Waals surface area contributed by atoms with E-state index in [1.165, 1.54) is 17.4 Å². The quantitative estimate of drug-likeness (QED) is 0.837. The minimum absolute atomic E-state index is 0.145. The molecule has 0 fully saturated rings. The Hall–Kier alpha value is -0.800. The molecular weight excluding hydrogens is 364 g/mol. The number of halogens is 1. The van der Waals surface area contributed by atoms with Crippen LogP contribution >= 0.6 is 27.3 Å². The normalized spacial score (nSPS) is 11.8. The van der Waals surface area contributed by atoms with Gasteiger partial charge in [0.2, 0.25) is 10.0 Å². The molecule has 20 heavy (non-hydrogen) atoms. The summed E-state index contributed by atoms with van der Waals surface area (Å²) in [5, 5.41) is 9.04. The number of nitrogens with one attached hydrogen (secondary N) is 1. The minimum atomic E-state index is -3.61. The number of hydrogen-bond donors (Lipinski definition) is 2. The summed E-state index contributed by atoms with van der Waals surface area (Å²) in [6.45, 7) is 1.86. The van der Waals surface area contributed by atoms with Gasteiger partial charge in [-0.2, -0.15) is 0 Å². The third kappa shape index (κ3) is 3.64. The number of rotatable bonds is 5. The Labute approximate surface area is 129 Å². The smallest absolute Gasteiger partial charge is 0.242 e. The fourth-order valence-electron chi connectivity index (χ4n) is 1.52. The number of aryl methyl sites for hydroxylation is 1. The summed E-state index contributed by atoms with van der Waals surface area (Å²) >= 11 is 4.41. The van der Waals surface area contributed by atoms with Crippen molar-refractivity contribution in [2.45, 2.75) is 25.0 Å². The van der Waals surface area contributed by atoms with Crippen LogP contribution in [-0.2, 0) is 23.2 Å². The second-order valence-corrected chi connectivity index (χ2v) is 8.33. The van der Waals surface area contributed by atoms with E-state index in [0.717, 1.165) is 11.3 Å². The SMILES string of the molecule is Cc1ccc(CNS(=O)(=O)c2cc(CO)sc2Br)cn1. The molecule has 0 aliphatic rings. The molecule has 2 heterocycles. The maximum atomic E-state index is 12.2. The van der Waals surface area contributed by atoms with Gasteiger partial charge in [-0.1, -0.05) is 6.07 Å². The van der Waals surface area contributed by atoms with E-state index in [-0.39, 0.29) is 18.0 Å². The van der Waals surface area contributed by atoms with Crippen molar-refractivity contribution in [3.63, 3.8) is 0 Å². The summed E-state index contributed by atoms with van der Waals surface area (Å²) in [5.41, 5.74) is 1.66. The van der Waals surface area contributed by atoms with E-state index in [4.69, 9.17) is 5.11 Å². The molecule has 0 radical (unpaired) electrons. The first-order chi connectivity index (χ1) is 9.42. The van der Waals surface area contributed by atoms with E-state index in [0.29, 0.717) is 8.66 Å². The van der Waals surface area contributed by atoms with Crippen LogP contribution in [-0.4, -0.2) is 18.5 Å². The number of pyridine rings is 1. The van der Waals surface area contributed by atoms with E-state index >= 15 is 0 Å². The lowest BCUT2D eigenvalue weighted by Crippen LogP contribution is -2.23. The number of nitrogens with zero attached hydrogens (tertiary/aromatic N) is 1. The fourth-order valence-corrected chi connectivity index (χ4v) is 5.08. The molecule has 0 bridgehead atoms. The lowest BCUT2D eigenvalue weighted by atomic mass is 10.2. The Morgan fingerprint density at radius 2 is 2.20 bits per heavy atom. The summed E-state index contributed by atoms with van der Waals surface area (Å²) in [6.07, 6.45) is 1.64. The molecule has 0 aliphatic carbocycles. The molecule has 8 heteroatoms. The molecule has 0 aromatic carbocycles. The standard InChI is InChI=1S/C12H13BrN2O3S2/c1-8-2-3-9(5-14-8)6-15-20(17,18)11-4-10(7-16)19-12(11)13/h2-5,15-16H,6-7H2,1H3. The van der Waals surface area contributed by atoms with Gasteiger partial charge in [-0.25, -0.2) is 13.1 Å². The number of thiophene rings is 1. The third-order valence-electron chi connectivity index (χ3n) is 2.59. The second kappa shape index (κ2) is 6.31. The number of aromatic nitrogens is 1. The van der Waals surface area contributed by atoms with Crippen LogP contribution in [0.3, 0.4) is 0 Å². The summed E-state index contributed by atoms with van der Waals surface area (Å²) in [5.74, 6) is 0. The lowest BCUT2D eigenvalue weighted by molar-refractivity contribution is 0.285. The maximum absolute atomic E-state index is 12.2. The molecule has 2 aromatic heterocycles. The van der Waals surface area contributed by atoms with Crippen LogP contribution in [0.25, 0.3) is 0 Å². The van der Waals surface area contributed by atoms with Gasteiger partial charge in [-0.05, 0) is 40.5 Å². The molecule has 0 aliphatic heterocycles. The van der Waals surface area contributed by atoms with Crippen LogP contribution in [0.1, 0.15) is 16.1 Å². The fraction of sp³-hybridized carbons (Fsp3) is 0.250. The average molecular weight is 377 g/mol. The molecule has 5 nitrogen and oxygen atoms in total. The van der Waals surface area contributed by atoms with Gasteiger partial charge in [0.1, 0.15) is 4.90 Å². The monoisotopic (exact) mass is 376 g/mol. The Kier molecular flexibility index (Phi) is 4.92. The molecular formula is C12H13BrN2O3S2. The highest BCUT2D eigenvalue weighted by atomic mass is 79.9. The van der Waals surface area contributed by atoms with Gasteiger partial charge in [0.25, 0.3) is 0 Å². The van der Waals surface area contributed by atoms with Crippen molar-refractivity contribution in [1.29, 1.82) is 0 Å². The third-order valence-corrected chi connectivity index (χ3v) is 6.23. The molecule has 2 aromatic rings. The number of hydrogen-bond acceptors (Lipinski definition) is 5. The Balaban J connectivity index is 2.14. The van der Waals surface area contributed by atoms with E-state index in [1.54, 1.807) is 6.20 Å². The molecule has 0 saturated heterocycles. The van der Waals surface area contributed by atoms with Gasteiger partial charge in [-0.15, -0.1) is 11.3 Å². The van der Waals surface area contributed by atoms with Crippen molar-refractivity contribution in [3.05, 3.63) is 44.3 Å². The van der Waals surface area contributed by atoms with Crippen molar-refractivity contribution < 1.29 is 13.5 Å². The summed E-state index contributed by atoms with van der Waals surface area (Å²) in [7, 11) is -3.61. The average Bonchev–Trinajstić information content (AvgIpc) is 2.80. The van der Waals surface area contributed by atoms with Crippen molar-refractivity contribution in [3.8, 4) is 0 Å². The Morgan fingerprint density at radius 3 is 2.75 bits per heavy atom. The van der Waals surface area contributed by atoms with Crippen molar-refractivity contribution in [2.75, 3.05) is 0 Å². The zero-order valence-electron chi connectivity index (χ0n) is 10.6. The van der Waals surface area contributed by atoms with Crippen LogP contribution in [0.4, 0.5) is 0 Å². The first-order valence-corrected chi connectivity index (χ1v) is 8.82. The zero-order chi connectivity index (χ0) is 14.8. The molecule has 0 atom stereocenters. The maximum Gasteiger partial charge on any atom is 0.242 e. The highest BCUT2D eigenvalue weighted by molar-refractivity contribution is 9.11. The predicted octanol–water partition coefficient (Wildman–Crippen LogP) is 2.18. The summed E-state index contributed by atoms with van der Waals surface area (Å²) in [4.78, 5) is 4.85. The van der Waals surface area contributed by atoms with Crippen LogP contribution in [0.2, 0.25) is 0 Å². The molecule has 108 valence electrons. The van der Waals surface area contributed by atoms with Crippen molar-refractivity contribution in [1.82, 2.24) is 9.71 Å². The van der Waals surface area contributed by atoms with Gasteiger partial charge >= 0.3 is 0 Å². The molecule has 2 rings (SSSR count). The van der Waals surface area contributed by atoms with Gasteiger partial charge in [0.15, 0.2) is 0 Å². The Bertz CT molecular complexity index is 696. The number of aliphatic hydroxyl groups excluding tert-OH is 1. The topological polar surface area (TPSA) is 79.3 Å². The van der Waals surface area contributed by atoms with Crippen LogP contribution in [0.5, 0.6) is 0 Å². The first kappa shape index (κ1) is 15.6. The molecule has 0 spiro atoms. The highest BCUT2D eigenvalue weighted by Crippen LogP contribution is 2.31. The summed E-state index contributed by atoms with van der Waals surface area (Å²) < 4.78 is 27.4. The van der Waals surface area contributed by atoms with E-state index in [2.05, 4.69) is 25.6 Å². The highest BCUT2D eigenvalue weighted by Gasteiger charge is 2.20. The van der Waals surface area contributed by atoms with Gasteiger partial charge in [-0.3, -0.25) is 4.98 Å². The van der Waals surface area contributed by atoms with Gasteiger partial charge < -0.3 is 5.11 Å². The Morgan fingerprint density at radius 1 is 1.45 bits per heavy atom. The van der Waals surface area contributed by atoms with Gasteiger partial charge in [0, 0.05) is 23.3 Å². The van der Waals surface area contributed by atoms with E-state index < -0.39 is 10.0 Å². The first-order valence-electron chi connectivity index (χ1n) is 5.72. The van der Waals surface area contributed by atoms with Crippen LogP contribution in [0.15, 0.2) is 33.1 Å². The largest absolute Gasteiger partial charge is 0.391 e. The van der Waals surface area contributed by atoms with Crippen molar-refractivity contribution in [2.24, 2.45) is 0 Å². The predicted molar refractivity (Wildman–Crippen MR) is 80.9 cm³/mol. The number of sulfonamides is 1. The van der Waals surface area contributed by atoms with Crippen LogP contribution in [0, 0.1) is 6.92 Å². The number of aliphatic hydroxyl groups is 1.